The zero-order valence-corrected chi connectivity index (χ0v) is 28.9. The Labute approximate surface area is 295 Å². The third-order valence-corrected chi connectivity index (χ3v) is 10.6. The van der Waals surface area contributed by atoms with E-state index in [1.807, 2.05) is 9.62 Å². The van der Waals surface area contributed by atoms with E-state index in [4.69, 9.17) is 23.2 Å². The smallest absolute Gasteiger partial charge is 0.301 e. The molecule has 1 fully saturated rings. The lowest BCUT2D eigenvalue weighted by Crippen LogP contribution is -2.34. The van der Waals surface area contributed by atoms with Gasteiger partial charge in [0.2, 0.25) is 5.78 Å². The molecule has 1 aliphatic heterocycles. The molecule has 11 nitrogen and oxygen atoms in total. The zero-order valence-electron chi connectivity index (χ0n) is 26.6. The number of halogens is 4. The van der Waals surface area contributed by atoms with Gasteiger partial charge in [-0.25, -0.2) is 18.7 Å². The lowest BCUT2D eigenvalue weighted by Gasteiger charge is -2.27. The maximum atomic E-state index is 15.9. The number of ketones is 2. The molecule has 0 bridgehead atoms. The predicted molar refractivity (Wildman–Crippen MR) is 186 cm³/mol. The van der Waals surface area contributed by atoms with Crippen molar-refractivity contribution in [2.24, 2.45) is 0 Å². The van der Waals surface area contributed by atoms with Gasteiger partial charge in [-0.1, -0.05) is 36.2 Å². The van der Waals surface area contributed by atoms with Crippen LogP contribution in [0.1, 0.15) is 46.0 Å². The van der Waals surface area contributed by atoms with Crippen molar-refractivity contribution in [1.82, 2.24) is 18.8 Å². The van der Waals surface area contributed by atoms with Crippen molar-refractivity contribution < 1.29 is 31.6 Å². The Morgan fingerprint density at radius 1 is 0.960 bits per heavy atom. The molecule has 16 heteroatoms. The van der Waals surface area contributed by atoms with Crippen LogP contribution >= 0.6 is 23.2 Å². The van der Waals surface area contributed by atoms with Crippen molar-refractivity contribution in [3.63, 3.8) is 0 Å². The molecular weight excluding hydrogens is 713 g/mol. The van der Waals surface area contributed by atoms with Crippen molar-refractivity contribution in [3.05, 3.63) is 105 Å². The number of piperidine rings is 1. The van der Waals surface area contributed by atoms with Gasteiger partial charge in [0.05, 0.1) is 32.4 Å². The zero-order chi connectivity index (χ0) is 35.9. The van der Waals surface area contributed by atoms with Crippen LogP contribution in [-0.2, 0) is 15.0 Å². The number of carbonyl (C=O) groups excluding carboxylic acids is 3. The third kappa shape index (κ3) is 6.59. The fourth-order valence-electron chi connectivity index (χ4n) is 5.51. The Balaban J connectivity index is 1.47. The molecule has 2 aromatic carbocycles. The highest BCUT2D eigenvalue weighted by Crippen LogP contribution is 2.33. The van der Waals surface area contributed by atoms with E-state index in [1.54, 1.807) is 31.3 Å². The number of fused-ring (bicyclic) bond motifs is 1. The fourth-order valence-corrected chi connectivity index (χ4v) is 7.00. The van der Waals surface area contributed by atoms with E-state index < -0.39 is 44.8 Å². The van der Waals surface area contributed by atoms with E-state index >= 15 is 8.78 Å². The summed E-state index contributed by atoms with van der Waals surface area (Å²) in [5, 5.41) is 0.0950. The second-order valence-electron chi connectivity index (χ2n) is 11.5. The number of carbonyl (C=O) groups is 3. The normalized spacial score (nSPS) is 13.7. The minimum atomic E-state index is -4.23. The Hall–Kier alpha value is -4.76. The van der Waals surface area contributed by atoms with Gasteiger partial charge in [-0.2, -0.15) is 12.7 Å². The number of anilines is 2. The van der Waals surface area contributed by atoms with E-state index in [0.29, 0.717) is 42.9 Å². The summed E-state index contributed by atoms with van der Waals surface area (Å²) < 4.78 is 60.4. The molecule has 50 heavy (non-hydrogen) atoms. The summed E-state index contributed by atoms with van der Waals surface area (Å²) >= 11 is 12.6. The summed E-state index contributed by atoms with van der Waals surface area (Å²) in [7, 11) is -2.97. The molecule has 0 saturated carbocycles. The highest BCUT2D eigenvalue weighted by atomic mass is 35.5. The molecule has 1 saturated heterocycles. The van der Waals surface area contributed by atoms with Gasteiger partial charge in [0.1, 0.15) is 23.1 Å². The Morgan fingerprint density at radius 2 is 1.64 bits per heavy atom. The minimum Gasteiger partial charge on any atom is -0.356 e. The summed E-state index contributed by atoms with van der Waals surface area (Å²) in [5.74, 6) is -3.79. The van der Waals surface area contributed by atoms with E-state index in [9.17, 15) is 22.8 Å². The summed E-state index contributed by atoms with van der Waals surface area (Å²) in [5.41, 5.74) is -1.10. The average Bonchev–Trinajstić information content (AvgIpc) is 3.48. The van der Waals surface area contributed by atoms with E-state index in [1.165, 1.54) is 31.4 Å². The van der Waals surface area contributed by atoms with Gasteiger partial charge in [-0.3, -0.25) is 23.7 Å². The van der Waals surface area contributed by atoms with Crippen molar-refractivity contribution >= 4 is 73.4 Å². The quantitative estimate of drug-likeness (QED) is 0.172. The topological polar surface area (TPSA) is 135 Å². The second kappa shape index (κ2) is 13.9. The predicted octanol–water partition coefficient (Wildman–Crippen LogP) is 6.38. The number of hydrogen-bond acceptors (Lipinski definition) is 8. The van der Waals surface area contributed by atoms with Crippen LogP contribution in [-0.4, -0.2) is 71.4 Å². The first-order valence-electron chi connectivity index (χ1n) is 15.3. The Morgan fingerprint density at radius 3 is 2.28 bits per heavy atom. The maximum Gasteiger partial charge on any atom is 0.301 e. The first kappa shape index (κ1) is 35.1. The second-order valence-corrected chi connectivity index (χ2v) is 14.1. The molecule has 258 valence electrons. The first-order chi connectivity index (χ1) is 23.8. The summed E-state index contributed by atoms with van der Waals surface area (Å²) in [6.45, 7) is 2.71. The number of hydrogen-bond donors (Lipinski definition) is 1. The van der Waals surface area contributed by atoms with Crippen molar-refractivity contribution in [1.29, 1.82) is 0 Å². The van der Waals surface area contributed by atoms with Crippen LogP contribution in [0.3, 0.4) is 0 Å². The minimum absolute atomic E-state index is 0.0206. The number of aromatic nitrogens is 3. The van der Waals surface area contributed by atoms with Gasteiger partial charge >= 0.3 is 10.2 Å². The molecule has 0 amide bonds. The van der Waals surface area contributed by atoms with Crippen molar-refractivity contribution in [3.8, 4) is 11.1 Å². The molecule has 5 aromatic rings. The lowest BCUT2D eigenvalue weighted by atomic mass is 10.00. The summed E-state index contributed by atoms with van der Waals surface area (Å²) in [4.78, 5) is 50.6. The average molecular weight is 742 g/mol. The van der Waals surface area contributed by atoms with Gasteiger partial charge in [0.25, 0.3) is 5.91 Å². The van der Waals surface area contributed by atoms with Gasteiger partial charge in [-0.05, 0) is 42.5 Å². The highest BCUT2D eigenvalue weighted by Gasteiger charge is 2.30. The summed E-state index contributed by atoms with van der Waals surface area (Å²) in [6.07, 6.45) is 4.99. The first-order valence-corrected chi connectivity index (χ1v) is 17.5. The third-order valence-electron chi connectivity index (χ3n) is 8.42. The highest BCUT2D eigenvalue weighted by molar-refractivity contribution is 7.90. The van der Waals surface area contributed by atoms with Crippen LogP contribution in [0.2, 0.25) is 10.0 Å². The largest absolute Gasteiger partial charge is 0.356 e. The summed E-state index contributed by atoms with van der Waals surface area (Å²) in [6, 6.07) is 11.2. The fraction of sp³-hybridized carbons (Fsp3) is 0.206. The molecule has 0 spiro atoms. The number of Topliss-reactive ketones (excluding diaryl/α,β-unsaturated/α-hetero) is 1. The SMILES string of the molecule is CCN(C)S(=O)(=O)Nc1ccc(F)c(C(=O)c2cn(C(=O)c3c(Cl)cccc3Cl)c3ncc(-c4ccc(N5CCC(=O)CC5)nc4)cc23)c1F. The maximum absolute atomic E-state index is 15.9. The van der Waals surface area contributed by atoms with Crippen LogP contribution in [0.15, 0.2) is 67.1 Å². The molecule has 0 aliphatic carbocycles. The molecule has 3 aromatic heterocycles. The number of nitrogens with zero attached hydrogens (tertiary/aromatic N) is 5. The van der Waals surface area contributed by atoms with Crippen LogP contribution in [0.5, 0.6) is 0 Å². The number of pyridine rings is 2. The molecule has 0 radical (unpaired) electrons. The van der Waals surface area contributed by atoms with E-state index in [2.05, 4.69) is 9.97 Å². The van der Waals surface area contributed by atoms with Gasteiger partial charge in [-0.15, -0.1) is 0 Å². The van der Waals surface area contributed by atoms with Crippen LogP contribution in [0, 0.1) is 11.6 Å². The number of benzene rings is 2. The van der Waals surface area contributed by atoms with Crippen LogP contribution < -0.4 is 9.62 Å². The van der Waals surface area contributed by atoms with Gasteiger partial charge < -0.3 is 4.90 Å². The van der Waals surface area contributed by atoms with E-state index in [-0.39, 0.29) is 44.5 Å². The molecule has 0 atom stereocenters. The monoisotopic (exact) mass is 740 g/mol. The Bertz CT molecular complexity index is 2270. The number of nitrogens with one attached hydrogen (secondary N) is 1. The molecule has 4 heterocycles. The van der Waals surface area contributed by atoms with Crippen LogP contribution in [0.25, 0.3) is 22.2 Å². The van der Waals surface area contributed by atoms with Crippen LogP contribution in [0.4, 0.5) is 20.3 Å². The van der Waals surface area contributed by atoms with Gasteiger partial charge in [0.15, 0.2) is 5.82 Å². The molecule has 0 unspecified atom stereocenters. The van der Waals surface area contributed by atoms with Crippen molar-refractivity contribution in [2.75, 3.05) is 36.3 Å². The number of rotatable bonds is 9. The molecule has 1 N–H and O–H groups in total. The van der Waals surface area contributed by atoms with E-state index in [0.717, 1.165) is 27.2 Å². The van der Waals surface area contributed by atoms with Crippen molar-refractivity contribution in [2.45, 2.75) is 19.8 Å². The molecule has 6 rings (SSSR count). The lowest BCUT2D eigenvalue weighted by molar-refractivity contribution is -0.119. The van der Waals surface area contributed by atoms with Gasteiger partial charge in [0, 0.05) is 74.6 Å². The standard InChI is InChI=1S/C34H28Cl2F2N6O5S/c1-3-42(2)50(48,49)41-27-9-8-26(37)30(31(27)38)32(46)23-18-44(34(47)29-24(35)5-4-6-25(29)36)33-22(23)15-20(17-40-33)19-7-10-28(39-16-19)43-13-11-21(45)12-14-43/h4-10,15-18,41H,3,11-14H2,1-2H3. The molecule has 1 aliphatic rings. The Kier molecular flexibility index (Phi) is 9.73. The molecular formula is C34H28Cl2F2N6O5S.